The summed E-state index contributed by atoms with van der Waals surface area (Å²) in [5.74, 6) is -0.395. The Kier molecular flexibility index (Phi) is 5.36. The van der Waals surface area contributed by atoms with Crippen molar-refractivity contribution < 1.29 is 9.18 Å². The molecule has 1 amide bonds. The predicted molar refractivity (Wildman–Crippen MR) is 71.0 cm³/mol. The molecule has 1 heterocycles. The summed E-state index contributed by atoms with van der Waals surface area (Å²) in [6.45, 7) is 0.880. The van der Waals surface area contributed by atoms with Crippen LogP contribution in [0.4, 0.5) is 10.1 Å². The Bertz CT molecular complexity index is 410. The van der Waals surface area contributed by atoms with Gasteiger partial charge in [-0.2, -0.15) is 0 Å². The highest BCUT2D eigenvalue weighted by Crippen LogP contribution is 2.20. The topological polar surface area (TPSA) is 41.1 Å². The van der Waals surface area contributed by atoms with Gasteiger partial charge in [0.05, 0.1) is 10.5 Å². The molecular formula is C11H13BrClFN2O. The van der Waals surface area contributed by atoms with Crippen molar-refractivity contribution >= 4 is 39.9 Å². The Morgan fingerprint density at radius 1 is 1.53 bits per heavy atom. The van der Waals surface area contributed by atoms with Crippen LogP contribution in [0.5, 0.6) is 0 Å². The molecule has 0 bridgehead atoms. The Hall–Kier alpha value is -0.650. The molecule has 1 atom stereocenters. The minimum atomic E-state index is -0.336. The van der Waals surface area contributed by atoms with Gasteiger partial charge in [-0.15, -0.1) is 12.4 Å². The molecule has 1 aliphatic rings. The van der Waals surface area contributed by atoms with Gasteiger partial charge in [0, 0.05) is 5.69 Å². The largest absolute Gasteiger partial charge is 0.325 e. The Labute approximate surface area is 114 Å². The average Bonchev–Trinajstić information content (AvgIpc) is 2.77. The summed E-state index contributed by atoms with van der Waals surface area (Å²) < 4.78 is 13.3. The summed E-state index contributed by atoms with van der Waals surface area (Å²) in [5.41, 5.74) is 0.604. The molecule has 1 aromatic rings. The van der Waals surface area contributed by atoms with Gasteiger partial charge in [-0.05, 0) is 53.5 Å². The molecule has 0 spiro atoms. The molecule has 1 aromatic carbocycles. The van der Waals surface area contributed by atoms with E-state index in [9.17, 15) is 9.18 Å². The number of carbonyl (C=O) groups is 1. The second-order valence-electron chi connectivity index (χ2n) is 3.77. The van der Waals surface area contributed by atoms with E-state index in [2.05, 4.69) is 26.6 Å². The van der Waals surface area contributed by atoms with Gasteiger partial charge in [0.2, 0.25) is 5.91 Å². The van der Waals surface area contributed by atoms with E-state index >= 15 is 0 Å². The first-order valence-electron chi connectivity index (χ1n) is 5.16. The first-order valence-corrected chi connectivity index (χ1v) is 5.95. The van der Waals surface area contributed by atoms with Crippen LogP contribution in [0, 0.1) is 5.82 Å². The van der Waals surface area contributed by atoms with E-state index < -0.39 is 0 Å². The van der Waals surface area contributed by atoms with Crippen LogP contribution in [-0.4, -0.2) is 18.5 Å². The summed E-state index contributed by atoms with van der Waals surface area (Å²) in [5, 5.41) is 5.86. The van der Waals surface area contributed by atoms with Crippen molar-refractivity contribution in [1.82, 2.24) is 5.32 Å². The lowest BCUT2D eigenvalue weighted by Crippen LogP contribution is -2.35. The monoisotopic (exact) mass is 322 g/mol. The summed E-state index contributed by atoms with van der Waals surface area (Å²) in [6, 6.07) is 4.31. The molecule has 6 heteroatoms. The third-order valence-electron chi connectivity index (χ3n) is 2.56. The standard InChI is InChI=1S/C11H12BrFN2O.ClH/c12-8-6-7(3-4-9(8)13)15-11(16)10-2-1-5-14-10;/h3-4,6,10,14H,1-2,5H2,(H,15,16);1H. The quantitative estimate of drug-likeness (QED) is 0.878. The smallest absolute Gasteiger partial charge is 0.241 e. The zero-order valence-electron chi connectivity index (χ0n) is 9.00. The van der Waals surface area contributed by atoms with Crippen LogP contribution in [0.15, 0.2) is 22.7 Å². The minimum Gasteiger partial charge on any atom is -0.325 e. The summed E-state index contributed by atoms with van der Waals surface area (Å²) in [4.78, 5) is 11.7. The maximum Gasteiger partial charge on any atom is 0.241 e. The van der Waals surface area contributed by atoms with Gasteiger partial charge in [0.25, 0.3) is 0 Å². The van der Waals surface area contributed by atoms with Gasteiger partial charge in [-0.25, -0.2) is 4.39 Å². The highest BCUT2D eigenvalue weighted by atomic mass is 79.9. The number of anilines is 1. The molecule has 0 aromatic heterocycles. The van der Waals surface area contributed by atoms with Gasteiger partial charge >= 0.3 is 0 Å². The number of nitrogens with one attached hydrogen (secondary N) is 2. The normalized spacial score (nSPS) is 18.6. The molecule has 2 N–H and O–H groups in total. The van der Waals surface area contributed by atoms with Crippen LogP contribution < -0.4 is 10.6 Å². The third-order valence-corrected chi connectivity index (χ3v) is 3.17. The number of carbonyl (C=O) groups excluding carboxylic acids is 1. The van der Waals surface area contributed by atoms with Crippen LogP contribution >= 0.6 is 28.3 Å². The summed E-state index contributed by atoms with van der Waals surface area (Å²) >= 11 is 3.08. The van der Waals surface area contributed by atoms with Crippen molar-refractivity contribution in [2.75, 3.05) is 11.9 Å². The lowest BCUT2D eigenvalue weighted by Gasteiger charge is -2.11. The van der Waals surface area contributed by atoms with Crippen LogP contribution in [-0.2, 0) is 4.79 Å². The number of amides is 1. The summed E-state index contributed by atoms with van der Waals surface area (Å²) in [7, 11) is 0. The minimum absolute atomic E-state index is 0. The first kappa shape index (κ1) is 14.4. The zero-order chi connectivity index (χ0) is 11.5. The highest BCUT2D eigenvalue weighted by molar-refractivity contribution is 9.10. The third kappa shape index (κ3) is 3.66. The molecule has 0 aliphatic carbocycles. The lowest BCUT2D eigenvalue weighted by molar-refractivity contribution is -0.117. The first-order chi connectivity index (χ1) is 7.66. The van der Waals surface area contributed by atoms with E-state index in [0.717, 1.165) is 19.4 Å². The van der Waals surface area contributed by atoms with E-state index in [1.54, 1.807) is 12.1 Å². The fourth-order valence-corrected chi connectivity index (χ4v) is 2.09. The summed E-state index contributed by atoms with van der Waals surface area (Å²) in [6.07, 6.45) is 1.87. The van der Waals surface area contributed by atoms with Gasteiger partial charge in [-0.1, -0.05) is 0 Å². The average molecular weight is 324 g/mol. The van der Waals surface area contributed by atoms with Crippen molar-refractivity contribution in [3.05, 3.63) is 28.5 Å². The zero-order valence-corrected chi connectivity index (χ0v) is 11.4. The predicted octanol–water partition coefficient (Wildman–Crippen LogP) is 2.70. The maximum absolute atomic E-state index is 13.0. The van der Waals surface area contributed by atoms with E-state index in [-0.39, 0.29) is 30.2 Å². The molecule has 1 unspecified atom stereocenters. The van der Waals surface area contributed by atoms with Crippen molar-refractivity contribution in [2.24, 2.45) is 0 Å². The number of halogens is 3. The SMILES string of the molecule is Cl.O=C(Nc1ccc(F)c(Br)c1)C1CCCN1. The van der Waals surface area contributed by atoms with E-state index in [0.29, 0.717) is 10.2 Å². The van der Waals surface area contributed by atoms with Gasteiger partial charge < -0.3 is 10.6 Å². The van der Waals surface area contributed by atoms with Gasteiger partial charge in [-0.3, -0.25) is 4.79 Å². The Morgan fingerprint density at radius 3 is 2.88 bits per heavy atom. The van der Waals surface area contributed by atoms with Crippen molar-refractivity contribution in [2.45, 2.75) is 18.9 Å². The van der Waals surface area contributed by atoms with Crippen molar-refractivity contribution in [3.63, 3.8) is 0 Å². The van der Waals surface area contributed by atoms with E-state index in [1.807, 2.05) is 0 Å². The molecular weight excluding hydrogens is 310 g/mol. The number of rotatable bonds is 2. The van der Waals surface area contributed by atoms with E-state index in [1.165, 1.54) is 6.07 Å². The van der Waals surface area contributed by atoms with Gasteiger partial charge in [0.1, 0.15) is 5.82 Å². The molecule has 3 nitrogen and oxygen atoms in total. The van der Waals surface area contributed by atoms with Crippen LogP contribution in [0.3, 0.4) is 0 Å². The number of benzene rings is 1. The Balaban J connectivity index is 0.00000144. The fourth-order valence-electron chi connectivity index (χ4n) is 1.71. The molecule has 2 rings (SSSR count). The molecule has 94 valence electrons. The number of hydrogen-bond acceptors (Lipinski definition) is 2. The molecule has 0 saturated carbocycles. The maximum atomic E-state index is 13.0. The van der Waals surface area contributed by atoms with Crippen LogP contribution in [0.2, 0.25) is 0 Å². The molecule has 17 heavy (non-hydrogen) atoms. The van der Waals surface area contributed by atoms with Crippen molar-refractivity contribution in [3.8, 4) is 0 Å². The molecule has 1 saturated heterocycles. The van der Waals surface area contributed by atoms with Crippen LogP contribution in [0.25, 0.3) is 0 Å². The van der Waals surface area contributed by atoms with Crippen LogP contribution in [0.1, 0.15) is 12.8 Å². The van der Waals surface area contributed by atoms with Crippen molar-refractivity contribution in [1.29, 1.82) is 0 Å². The lowest BCUT2D eigenvalue weighted by atomic mass is 10.2. The van der Waals surface area contributed by atoms with Gasteiger partial charge in [0.15, 0.2) is 0 Å². The van der Waals surface area contributed by atoms with E-state index in [4.69, 9.17) is 0 Å². The second-order valence-corrected chi connectivity index (χ2v) is 4.62. The molecule has 1 aliphatic heterocycles. The molecule has 0 radical (unpaired) electrons. The second kappa shape index (κ2) is 6.33. The Morgan fingerprint density at radius 2 is 2.29 bits per heavy atom. The molecule has 1 fully saturated rings. The fraction of sp³-hybridized carbons (Fsp3) is 0.364. The number of hydrogen-bond donors (Lipinski definition) is 2. The highest BCUT2D eigenvalue weighted by Gasteiger charge is 2.21.